The molecule has 3 aromatic rings. The highest BCUT2D eigenvalue weighted by atomic mass is 32.2. The van der Waals surface area contributed by atoms with E-state index in [0.29, 0.717) is 17.7 Å². The van der Waals surface area contributed by atoms with Gasteiger partial charge in [-0.25, -0.2) is 9.67 Å². The third-order valence-electron chi connectivity index (χ3n) is 4.43. The van der Waals surface area contributed by atoms with E-state index in [-0.39, 0.29) is 5.91 Å². The molecule has 1 amide bonds. The molecule has 1 atom stereocenters. The lowest BCUT2D eigenvalue weighted by molar-refractivity contribution is -0.131. The summed E-state index contributed by atoms with van der Waals surface area (Å²) in [5.74, 6) is 0.530. The summed E-state index contributed by atoms with van der Waals surface area (Å²) in [6.45, 7) is 1.97. The van der Waals surface area contributed by atoms with Crippen LogP contribution in [0.1, 0.15) is 36.0 Å². The standard InChI is InChI=1S/C18H20N6O2S/c25-17(23-9-5-2-6-10-23)16(14-7-3-1-4-8-14)27-18-22-21-15(26-18)11-24-13-19-12-20-24/h1,3-4,7-8,12-13,16H,2,5-6,9-11H2. The van der Waals surface area contributed by atoms with Crippen LogP contribution < -0.4 is 0 Å². The molecule has 1 saturated heterocycles. The van der Waals surface area contributed by atoms with Gasteiger partial charge in [0, 0.05) is 13.1 Å². The van der Waals surface area contributed by atoms with Gasteiger partial charge in [0.25, 0.3) is 5.22 Å². The van der Waals surface area contributed by atoms with Crippen molar-refractivity contribution < 1.29 is 9.21 Å². The number of hydrogen-bond donors (Lipinski definition) is 0. The van der Waals surface area contributed by atoms with E-state index >= 15 is 0 Å². The van der Waals surface area contributed by atoms with Crippen LogP contribution in [0.3, 0.4) is 0 Å². The molecule has 140 valence electrons. The number of carbonyl (C=O) groups excluding carboxylic acids is 1. The van der Waals surface area contributed by atoms with Crippen LogP contribution in [-0.2, 0) is 11.3 Å². The second-order valence-corrected chi connectivity index (χ2v) is 7.41. The van der Waals surface area contributed by atoms with Crippen LogP contribution in [0.5, 0.6) is 0 Å². The summed E-state index contributed by atoms with van der Waals surface area (Å²) < 4.78 is 7.33. The van der Waals surface area contributed by atoms with Gasteiger partial charge in [-0.15, -0.1) is 10.2 Å². The first-order valence-corrected chi connectivity index (χ1v) is 9.83. The molecule has 1 aliphatic rings. The molecule has 0 spiro atoms. The van der Waals surface area contributed by atoms with Crippen molar-refractivity contribution in [1.82, 2.24) is 29.9 Å². The summed E-state index contributed by atoms with van der Waals surface area (Å²) in [5.41, 5.74) is 0.939. The second kappa shape index (κ2) is 8.34. The summed E-state index contributed by atoms with van der Waals surface area (Å²) >= 11 is 1.30. The van der Waals surface area contributed by atoms with Crippen molar-refractivity contribution >= 4 is 17.7 Å². The Balaban J connectivity index is 1.52. The Morgan fingerprint density at radius 2 is 1.96 bits per heavy atom. The fourth-order valence-corrected chi connectivity index (χ4v) is 4.05. The van der Waals surface area contributed by atoms with Crippen LogP contribution in [0, 0.1) is 0 Å². The number of amides is 1. The number of benzene rings is 1. The maximum Gasteiger partial charge on any atom is 0.277 e. The maximum absolute atomic E-state index is 13.2. The minimum absolute atomic E-state index is 0.0990. The van der Waals surface area contributed by atoms with E-state index in [1.807, 2.05) is 35.2 Å². The smallest absolute Gasteiger partial charge is 0.277 e. The molecular formula is C18H20N6O2S. The maximum atomic E-state index is 13.2. The lowest BCUT2D eigenvalue weighted by Crippen LogP contribution is -2.38. The van der Waals surface area contributed by atoms with Crippen LogP contribution in [0.2, 0.25) is 0 Å². The van der Waals surface area contributed by atoms with E-state index in [0.717, 1.165) is 31.5 Å². The largest absolute Gasteiger partial charge is 0.414 e. The number of piperidine rings is 1. The van der Waals surface area contributed by atoms with Gasteiger partial charge in [0.15, 0.2) is 0 Å². The van der Waals surface area contributed by atoms with E-state index in [2.05, 4.69) is 20.3 Å². The molecule has 1 fully saturated rings. The van der Waals surface area contributed by atoms with Gasteiger partial charge < -0.3 is 9.32 Å². The number of nitrogens with zero attached hydrogens (tertiary/aromatic N) is 6. The highest BCUT2D eigenvalue weighted by Crippen LogP contribution is 2.36. The first-order chi connectivity index (χ1) is 13.3. The minimum Gasteiger partial charge on any atom is -0.414 e. The first kappa shape index (κ1) is 17.7. The molecule has 0 saturated carbocycles. The van der Waals surface area contributed by atoms with Crippen molar-refractivity contribution in [3.8, 4) is 0 Å². The average molecular weight is 384 g/mol. The zero-order valence-electron chi connectivity index (χ0n) is 14.8. The van der Waals surface area contributed by atoms with Gasteiger partial charge in [-0.3, -0.25) is 4.79 Å². The van der Waals surface area contributed by atoms with E-state index in [1.165, 1.54) is 24.5 Å². The van der Waals surface area contributed by atoms with Crippen molar-refractivity contribution in [1.29, 1.82) is 0 Å². The zero-order chi connectivity index (χ0) is 18.5. The number of rotatable bonds is 6. The van der Waals surface area contributed by atoms with Gasteiger partial charge >= 0.3 is 0 Å². The van der Waals surface area contributed by atoms with Crippen LogP contribution in [0.25, 0.3) is 0 Å². The molecule has 0 aliphatic carbocycles. The van der Waals surface area contributed by atoms with Gasteiger partial charge in [-0.05, 0) is 36.6 Å². The third-order valence-corrected chi connectivity index (χ3v) is 5.50. The highest BCUT2D eigenvalue weighted by molar-refractivity contribution is 8.00. The van der Waals surface area contributed by atoms with E-state index in [4.69, 9.17) is 4.42 Å². The molecule has 3 heterocycles. The number of aromatic nitrogens is 5. The normalized spacial score (nSPS) is 15.6. The predicted octanol–water partition coefficient (Wildman–Crippen LogP) is 2.56. The summed E-state index contributed by atoms with van der Waals surface area (Å²) in [7, 11) is 0. The molecule has 0 bridgehead atoms. The van der Waals surface area contributed by atoms with Crippen LogP contribution >= 0.6 is 11.8 Å². The molecule has 27 heavy (non-hydrogen) atoms. The minimum atomic E-state index is -0.399. The molecule has 1 aliphatic heterocycles. The van der Waals surface area contributed by atoms with E-state index < -0.39 is 5.25 Å². The van der Waals surface area contributed by atoms with Crippen molar-refractivity contribution in [2.45, 2.75) is 36.3 Å². The third kappa shape index (κ3) is 4.36. The lowest BCUT2D eigenvalue weighted by atomic mass is 10.1. The Morgan fingerprint density at radius 1 is 1.15 bits per heavy atom. The molecule has 0 radical (unpaired) electrons. The van der Waals surface area contributed by atoms with Gasteiger partial charge in [0.1, 0.15) is 24.4 Å². The summed E-state index contributed by atoms with van der Waals surface area (Å²) in [6.07, 6.45) is 6.34. The molecule has 9 heteroatoms. The van der Waals surface area contributed by atoms with Crippen molar-refractivity contribution in [3.05, 3.63) is 54.4 Å². The SMILES string of the molecule is O=C(C(Sc1nnc(Cn2cncn2)o1)c1ccccc1)N1CCCCC1. The summed E-state index contributed by atoms with van der Waals surface area (Å²) in [4.78, 5) is 19.0. The van der Waals surface area contributed by atoms with E-state index in [9.17, 15) is 4.79 Å². The molecule has 0 N–H and O–H groups in total. The van der Waals surface area contributed by atoms with Crippen molar-refractivity contribution in [2.75, 3.05) is 13.1 Å². The fourth-order valence-electron chi connectivity index (χ4n) is 3.07. The van der Waals surface area contributed by atoms with Crippen molar-refractivity contribution in [3.63, 3.8) is 0 Å². The lowest BCUT2D eigenvalue weighted by Gasteiger charge is -2.29. The first-order valence-electron chi connectivity index (χ1n) is 8.95. The Bertz CT molecular complexity index is 861. The van der Waals surface area contributed by atoms with Crippen LogP contribution in [-0.4, -0.2) is 48.9 Å². The number of thioether (sulfide) groups is 1. The Labute approximate surface area is 161 Å². The molecular weight excluding hydrogens is 364 g/mol. The van der Waals surface area contributed by atoms with E-state index in [1.54, 1.807) is 11.0 Å². The molecule has 8 nitrogen and oxygen atoms in total. The van der Waals surface area contributed by atoms with Gasteiger partial charge in [-0.2, -0.15) is 5.10 Å². The molecule has 1 aromatic carbocycles. The quantitative estimate of drug-likeness (QED) is 0.603. The Kier molecular flexibility index (Phi) is 5.47. The number of carbonyl (C=O) groups is 1. The number of hydrogen-bond acceptors (Lipinski definition) is 7. The Morgan fingerprint density at radius 3 is 2.70 bits per heavy atom. The van der Waals surface area contributed by atoms with Gasteiger partial charge in [0.05, 0.1) is 0 Å². The van der Waals surface area contributed by atoms with Crippen LogP contribution in [0.15, 0.2) is 52.6 Å². The second-order valence-electron chi connectivity index (χ2n) is 6.35. The molecule has 2 aromatic heterocycles. The molecule has 1 unspecified atom stereocenters. The van der Waals surface area contributed by atoms with Crippen molar-refractivity contribution in [2.24, 2.45) is 0 Å². The van der Waals surface area contributed by atoms with Gasteiger partial charge in [0.2, 0.25) is 11.8 Å². The Hall–Kier alpha value is -2.68. The van der Waals surface area contributed by atoms with Crippen LogP contribution in [0.4, 0.5) is 0 Å². The average Bonchev–Trinajstić information content (AvgIpc) is 3.39. The number of likely N-dealkylation sites (tertiary alicyclic amines) is 1. The highest BCUT2D eigenvalue weighted by Gasteiger charge is 2.29. The molecule has 4 rings (SSSR count). The predicted molar refractivity (Wildman–Crippen MR) is 98.9 cm³/mol. The monoisotopic (exact) mass is 384 g/mol. The summed E-state index contributed by atoms with van der Waals surface area (Å²) in [6, 6.07) is 9.75. The fraction of sp³-hybridized carbons (Fsp3) is 0.389. The zero-order valence-corrected chi connectivity index (χ0v) is 15.6. The van der Waals surface area contributed by atoms with Gasteiger partial charge in [-0.1, -0.05) is 30.3 Å². The summed E-state index contributed by atoms with van der Waals surface area (Å²) in [5, 5.41) is 12.2. The topological polar surface area (TPSA) is 89.9 Å².